The van der Waals surface area contributed by atoms with Gasteiger partial charge in [-0.15, -0.1) is 0 Å². The Morgan fingerprint density at radius 2 is 1.82 bits per heavy atom. The van der Waals surface area contributed by atoms with Gasteiger partial charge in [-0.3, -0.25) is 9.59 Å². The Morgan fingerprint density at radius 1 is 1.05 bits per heavy atom. The fourth-order valence-corrected chi connectivity index (χ4v) is 5.06. The quantitative estimate of drug-likeness (QED) is 0.283. The first-order valence-corrected chi connectivity index (χ1v) is 13.8. The molecule has 0 unspecified atom stereocenters. The highest BCUT2D eigenvalue weighted by Crippen LogP contribution is 2.31. The van der Waals surface area contributed by atoms with Crippen molar-refractivity contribution >= 4 is 33.5 Å². The van der Waals surface area contributed by atoms with Gasteiger partial charge in [-0.1, -0.05) is 24.3 Å². The van der Waals surface area contributed by atoms with E-state index in [-0.39, 0.29) is 35.9 Å². The maximum absolute atomic E-state index is 12.7. The third-order valence-electron chi connectivity index (χ3n) is 6.15. The topological polar surface area (TPSA) is 152 Å². The van der Waals surface area contributed by atoms with Crippen molar-refractivity contribution in [2.45, 2.75) is 24.0 Å². The van der Waals surface area contributed by atoms with Crippen molar-refractivity contribution in [1.29, 1.82) is 0 Å². The van der Waals surface area contributed by atoms with E-state index in [4.69, 9.17) is 4.74 Å². The summed E-state index contributed by atoms with van der Waals surface area (Å²) in [5.41, 5.74) is 1.25. The third kappa shape index (κ3) is 7.50. The average Bonchev–Trinajstić information content (AvgIpc) is 3.39. The van der Waals surface area contributed by atoms with Gasteiger partial charge in [0.05, 0.1) is 11.3 Å². The molecule has 1 saturated heterocycles. The predicted molar refractivity (Wildman–Crippen MR) is 143 cm³/mol. The van der Waals surface area contributed by atoms with Crippen LogP contribution in [0.15, 0.2) is 78.0 Å². The van der Waals surface area contributed by atoms with Crippen LogP contribution in [0.2, 0.25) is 0 Å². The molecule has 12 nitrogen and oxygen atoms in total. The molecule has 1 aromatic heterocycles. The van der Waals surface area contributed by atoms with E-state index in [1.54, 1.807) is 66.9 Å². The molecule has 1 aliphatic heterocycles. The second-order valence-corrected chi connectivity index (χ2v) is 10.4. The van der Waals surface area contributed by atoms with Crippen LogP contribution in [-0.4, -0.2) is 63.2 Å². The van der Waals surface area contributed by atoms with Gasteiger partial charge in [0.15, 0.2) is 0 Å². The number of methoxy groups -OCH3 is 1. The van der Waals surface area contributed by atoms with Gasteiger partial charge < -0.3 is 25.1 Å². The number of hydrogen-bond donors (Lipinski definition) is 3. The highest BCUT2D eigenvalue weighted by atomic mass is 32.2. The monoisotopic (exact) mass is 554 g/mol. The van der Waals surface area contributed by atoms with Crippen molar-refractivity contribution in [2.24, 2.45) is 5.92 Å². The molecule has 3 aromatic rings. The molecule has 0 saturated carbocycles. The van der Waals surface area contributed by atoms with E-state index in [2.05, 4.69) is 30.3 Å². The lowest BCUT2D eigenvalue weighted by atomic mass is 10.1. The SMILES string of the molecule is CO[C@H]1[C@H](CNc2ncccn2)CCN1c1cccc(C(=O)NCCC(=O)ONS(=O)(=O)c2ccccc2)c1. The number of hydrogen-bond acceptors (Lipinski definition) is 10. The number of rotatable bonds is 12. The Hall–Kier alpha value is -4.07. The van der Waals surface area contributed by atoms with Gasteiger partial charge in [0.2, 0.25) is 5.95 Å². The summed E-state index contributed by atoms with van der Waals surface area (Å²) in [7, 11) is -2.33. The number of nitrogens with one attached hydrogen (secondary N) is 3. The van der Waals surface area contributed by atoms with E-state index in [0.717, 1.165) is 18.7 Å². The van der Waals surface area contributed by atoms with Crippen LogP contribution in [0.25, 0.3) is 0 Å². The molecule has 1 amide bonds. The molecular formula is C26H30N6O6S. The number of ether oxygens (including phenoxy) is 1. The first-order valence-electron chi connectivity index (χ1n) is 12.3. The summed E-state index contributed by atoms with van der Waals surface area (Å²) in [5.74, 6) is -0.463. The van der Waals surface area contributed by atoms with E-state index in [0.29, 0.717) is 18.1 Å². The number of carbonyl (C=O) groups excluding carboxylic acids is 2. The van der Waals surface area contributed by atoms with E-state index in [1.807, 2.05) is 6.07 Å². The Labute approximate surface area is 226 Å². The largest absolute Gasteiger partial charge is 0.361 e. The van der Waals surface area contributed by atoms with Gasteiger partial charge >= 0.3 is 5.97 Å². The van der Waals surface area contributed by atoms with Crippen molar-refractivity contribution in [1.82, 2.24) is 20.2 Å². The predicted octanol–water partition coefficient (Wildman–Crippen LogP) is 1.94. The highest BCUT2D eigenvalue weighted by molar-refractivity contribution is 7.89. The molecule has 0 aliphatic carbocycles. The van der Waals surface area contributed by atoms with Crippen LogP contribution in [0.1, 0.15) is 23.2 Å². The van der Waals surface area contributed by atoms with Crippen molar-refractivity contribution in [2.75, 3.05) is 37.0 Å². The maximum Gasteiger partial charge on any atom is 0.327 e. The normalized spacial score (nSPS) is 17.0. The van der Waals surface area contributed by atoms with Gasteiger partial charge in [-0.05, 0) is 47.7 Å². The van der Waals surface area contributed by atoms with Gasteiger partial charge in [-0.2, -0.15) is 0 Å². The molecular weight excluding hydrogens is 524 g/mol. The molecule has 2 aromatic carbocycles. The number of anilines is 2. The van der Waals surface area contributed by atoms with Gasteiger partial charge in [0, 0.05) is 56.3 Å². The molecule has 0 bridgehead atoms. The summed E-state index contributed by atoms with van der Waals surface area (Å²) < 4.78 is 30.1. The van der Waals surface area contributed by atoms with E-state index in [1.165, 1.54) is 12.1 Å². The zero-order chi connectivity index (χ0) is 27.7. The molecule has 1 aliphatic rings. The summed E-state index contributed by atoms with van der Waals surface area (Å²) in [6, 6.07) is 16.4. The summed E-state index contributed by atoms with van der Waals surface area (Å²) in [5, 5.41) is 5.90. The van der Waals surface area contributed by atoms with Gasteiger partial charge in [0.1, 0.15) is 6.23 Å². The van der Waals surface area contributed by atoms with Crippen LogP contribution < -0.4 is 20.4 Å². The van der Waals surface area contributed by atoms with E-state index < -0.39 is 16.0 Å². The molecule has 39 heavy (non-hydrogen) atoms. The van der Waals surface area contributed by atoms with Crippen LogP contribution >= 0.6 is 0 Å². The lowest BCUT2D eigenvalue weighted by Gasteiger charge is -2.29. The van der Waals surface area contributed by atoms with Crippen LogP contribution in [0, 0.1) is 5.92 Å². The molecule has 13 heteroatoms. The van der Waals surface area contributed by atoms with Crippen molar-refractivity contribution in [3.63, 3.8) is 0 Å². The number of benzene rings is 2. The summed E-state index contributed by atoms with van der Waals surface area (Å²) in [6.45, 7) is 1.35. The van der Waals surface area contributed by atoms with Crippen LogP contribution in [-0.2, 0) is 24.4 Å². The molecule has 2 heterocycles. The number of sulfonamides is 1. The summed E-state index contributed by atoms with van der Waals surface area (Å²) in [6.07, 6.45) is 3.81. The standard InChI is InChI=1S/C26H30N6O6S/c1-37-25-20(18-30-26-28-13-6-14-29-26)12-16-32(25)21-8-5-7-19(17-21)24(34)27-15-11-23(33)38-31-39(35,36)22-9-3-2-4-10-22/h2-10,13-14,17,20,25,31H,11-12,15-16,18H2,1H3,(H,27,34)(H,28,29,30)/t20-,25-/m0/s1. The Balaban J connectivity index is 1.26. The Bertz CT molecular complexity index is 1360. The minimum absolute atomic E-state index is 0.0331. The van der Waals surface area contributed by atoms with E-state index >= 15 is 0 Å². The molecule has 0 spiro atoms. The minimum Gasteiger partial charge on any atom is -0.361 e. The number of amides is 1. The summed E-state index contributed by atoms with van der Waals surface area (Å²) >= 11 is 0. The molecule has 0 radical (unpaired) electrons. The molecule has 1 fully saturated rings. The summed E-state index contributed by atoms with van der Waals surface area (Å²) in [4.78, 5) is 41.6. The van der Waals surface area contributed by atoms with Crippen LogP contribution in [0.5, 0.6) is 0 Å². The third-order valence-corrected chi connectivity index (χ3v) is 7.35. The lowest BCUT2D eigenvalue weighted by molar-refractivity contribution is -0.146. The molecule has 3 N–H and O–H groups in total. The minimum atomic E-state index is -3.99. The number of aromatic nitrogens is 2. The fourth-order valence-electron chi connectivity index (χ4n) is 4.25. The highest BCUT2D eigenvalue weighted by Gasteiger charge is 2.34. The van der Waals surface area contributed by atoms with Gasteiger partial charge in [0.25, 0.3) is 15.9 Å². The van der Waals surface area contributed by atoms with Crippen molar-refractivity contribution < 1.29 is 27.6 Å². The van der Waals surface area contributed by atoms with Crippen LogP contribution in [0.3, 0.4) is 0 Å². The molecule has 4 rings (SSSR count). The van der Waals surface area contributed by atoms with Crippen molar-refractivity contribution in [3.05, 3.63) is 78.6 Å². The number of nitrogens with zero attached hydrogens (tertiary/aromatic N) is 3. The van der Waals surface area contributed by atoms with Crippen LogP contribution in [0.4, 0.5) is 11.6 Å². The van der Waals surface area contributed by atoms with E-state index in [9.17, 15) is 18.0 Å². The Kier molecular flexibility index (Phi) is 9.41. The second kappa shape index (κ2) is 13.1. The zero-order valence-electron chi connectivity index (χ0n) is 21.3. The lowest BCUT2D eigenvalue weighted by Crippen LogP contribution is -2.37. The Morgan fingerprint density at radius 3 is 2.56 bits per heavy atom. The second-order valence-electron chi connectivity index (χ2n) is 8.75. The fraction of sp³-hybridized carbons (Fsp3) is 0.308. The van der Waals surface area contributed by atoms with Crippen molar-refractivity contribution in [3.8, 4) is 0 Å². The molecule has 206 valence electrons. The molecule has 2 atom stereocenters. The number of carbonyl (C=O) groups is 2. The zero-order valence-corrected chi connectivity index (χ0v) is 22.1. The smallest absolute Gasteiger partial charge is 0.327 e. The maximum atomic E-state index is 12.7. The first-order chi connectivity index (χ1) is 18.9. The first kappa shape index (κ1) is 28.0. The average molecular weight is 555 g/mol. The van der Waals surface area contributed by atoms with Gasteiger partial charge in [-0.25, -0.2) is 18.4 Å².